The Morgan fingerprint density at radius 1 is 1.53 bits per heavy atom. The van der Waals surface area contributed by atoms with Gasteiger partial charge in [0.05, 0.1) is 7.11 Å². The Bertz CT molecular complexity index is 515. The van der Waals surface area contributed by atoms with Crippen LogP contribution in [0.3, 0.4) is 0 Å². The minimum absolute atomic E-state index is 0. The minimum atomic E-state index is -3.62. The maximum atomic E-state index is 11.9. The highest BCUT2D eigenvalue weighted by atomic mass is 35.5. The molecule has 110 valence electrons. The van der Waals surface area contributed by atoms with Crippen molar-refractivity contribution in [1.29, 1.82) is 0 Å². The molecule has 0 radical (unpaired) electrons. The van der Waals surface area contributed by atoms with Gasteiger partial charge in [0.2, 0.25) is 10.0 Å². The Labute approximate surface area is 118 Å². The first-order valence-corrected chi connectivity index (χ1v) is 6.82. The molecule has 0 aliphatic heterocycles. The molecule has 9 heteroatoms. The Kier molecular flexibility index (Phi) is 7.06. The smallest absolute Gasteiger partial charge is 0.354 e. The molecule has 0 fully saturated rings. The van der Waals surface area contributed by atoms with Crippen LogP contribution in [0.5, 0.6) is 0 Å². The van der Waals surface area contributed by atoms with E-state index in [1.54, 1.807) is 7.05 Å². The van der Waals surface area contributed by atoms with Crippen LogP contribution in [-0.4, -0.2) is 46.1 Å². The van der Waals surface area contributed by atoms with Gasteiger partial charge in [0.15, 0.2) is 0 Å². The standard InChI is InChI=1S/C10H17N3O4S.ClH/c1-7(11-2)5-13-18(15,16)8-4-9(12-6-8)10(14)17-3;/h4,6-7,11-13H,5H2,1-3H3;1H. The monoisotopic (exact) mass is 311 g/mol. The van der Waals surface area contributed by atoms with Crippen LogP contribution in [-0.2, 0) is 14.8 Å². The summed E-state index contributed by atoms with van der Waals surface area (Å²) in [7, 11) is -0.648. The molecule has 7 nitrogen and oxygen atoms in total. The summed E-state index contributed by atoms with van der Waals surface area (Å²) in [5, 5.41) is 2.91. The number of halogens is 1. The van der Waals surface area contributed by atoms with E-state index in [9.17, 15) is 13.2 Å². The highest BCUT2D eigenvalue weighted by molar-refractivity contribution is 7.89. The van der Waals surface area contributed by atoms with Crippen LogP contribution >= 0.6 is 12.4 Å². The van der Waals surface area contributed by atoms with E-state index >= 15 is 0 Å². The number of carbonyl (C=O) groups excluding carboxylic acids is 1. The molecule has 1 rings (SSSR count). The number of aromatic nitrogens is 1. The molecule has 0 saturated carbocycles. The van der Waals surface area contributed by atoms with Gasteiger partial charge in [-0.3, -0.25) is 0 Å². The normalized spacial score (nSPS) is 12.6. The number of ether oxygens (including phenoxy) is 1. The van der Waals surface area contributed by atoms with Gasteiger partial charge >= 0.3 is 5.97 Å². The number of aromatic amines is 1. The average molecular weight is 312 g/mol. The second-order valence-electron chi connectivity index (χ2n) is 3.78. The van der Waals surface area contributed by atoms with Crippen molar-refractivity contribution in [2.45, 2.75) is 17.9 Å². The first-order chi connectivity index (χ1) is 8.40. The SMILES string of the molecule is CNC(C)CNS(=O)(=O)c1c[nH]c(C(=O)OC)c1.Cl. The molecule has 0 aliphatic rings. The molecule has 0 spiro atoms. The zero-order valence-corrected chi connectivity index (χ0v) is 12.5. The summed E-state index contributed by atoms with van der Waals surface area (Å²) in [4.78, 5) is 13.7. The maximum absolute atomic E-state index is 11.9. The largest absolute Gasteiger partial charge is 0.464 e. The fraction of sp³-hybridized carbons (Fsp3) is 0.500. The summed E-state index contributed by atoms with van der Waals surface area (Å²) in [5.74, 6) is -0.611. The van der Waals surface area contributed by atoms with Crippen molar-refractivity contribution in [2.75, 3.05) is 20.7 Å². The van der Waals surface area contributed by atoms with Crippen LogP contribution < -0.4 is 10.0 Å². The Morgan fingerprint density at radius 3 is 2.68 bits per heavy atom. The number of methoxy groups -OCH3 is 1. The lowest BCUT2D eigenvalue weighted by molar-refractivity contribution is 0.0595. The Balaban J connectivity index is 0.00000324. The van der Waals surface area contributed by atoms with Gasteiger partial charge in [-0.1, -0.05) is 0 Å². The molecule has 1 aromatic heterocycles. The van der Waals surface area contributed by atoms with E-state index in [2.05, 4.69) is 19.8 Å². The summed E-state index contributed by atoms with van der Waals surface area (Å²) in [5.41, 5.74) is 0.0968. The van der Waals surface area contributed by atoms with Crippen LogP contribution in [0, 0.1) is 0 Å². The quantitative estimate of drug-likeness (QED) is 0.647. The number of carbonyl (C=O) groups is 1. The fourth-order valence-corrected chi connectivity index (χ4v) is 2.30. The van der Waals surface area contributed by atoms with Gasteiger partial charge in [0.1, 0.15) is 10.6 Å². The summed E-state index contributed by atoms with van der Waals surface area (Å²) in [6, 6.07) is 1.25. The third-order valence-electron chi connectivity index (χ3n) is 2.44. The van der Waals surface area contributed by atoms with E-state index in [0.29, 0.717) is 0 Å². The Morgan fingerprint density at radius 2 is 2.16 bits per heavy atom. The number of hydrogen-bond donors (Lipinski definition) is 3. The lowest BCUT2D eigenvalue weighted by Gasteiger charge is -2.10. The molecule has 0 bridgehead atoms. The van der Waals surface area contributed by atoms with E-state index in [4.69, 9.17) is 0 Å². The molecule has 1 atom stereocenters. The molecule has 3 N–H and O–H groups in total. The van der Waals surface area contributed by atoms with Crippen molar-refractivity contribution in [1.82, 2.24) is 15.0 Å². The topological polar surface area (TPSA) is 100 Å². The van der Waals surface area contributed by atoms with Gasteiger partial charge in [-0.25, -0.2) is 17.9 Å². The first kappa shape index (κ1) is 17.9. The van der Waals surface area contributed by atoms with E-state index < -0.39 is 16.0 Å². The summed E-state index contributed by atoms with van der Waals surface area (Å²) < 4.78 is 30.6. The number of sulfonamides is 1. The lowest BCUT2D eigenvalue weighted by Crippen LogP contribution is -2.37. The highest BCUT2D eigenvalue weighted by Gasteiger charge is 2.18. The van der Waals surface area contributed by atoms with E-state index in [0.717, 1.165) is 0 Å². The molecule has 0 aliphatic carbocycles. The number of likely N-dealkylation sites (N-methyl/N-ethyl adjacent to an activating group) is 1. The fourth-order valence-electron chi connectivity index (χ4n) is 1.18. The van der Waals surface area contributed by atoms with Gasteiger partial charge in [-0.15, -0.1) is 12.4 Å². The van der Waals surface area contributed by atoms with Gasteiger partial charge < -0.3 is 15.0 Å². The number of rotatable bonds is 6. The molecule has 1 aromatic rings. The second kappa shape index (κ2) is 7.49. The average Bonchev–Trinajstić information content (AvgIpc) is 2.85. The van der Waals surface area contributed by atoms with Crippen LogP contribution in [0.4, 0.5) is 0 Å². The summed E-state index contributed by atoms with van der Waals surface area (Å²) >= 11 is 0. The van der Waals surface area contributed by atoms with Crippen LogP contribution in [0.15, 0.2) is 17.2 Å². The van der Waals surface area contributed by atoms with E-state index in [1.165, 1.54) is 19.4 Å². The summed E-state index contributed by atoms with van der Waals surface area (Å²) in [6.07, 6.45) is 1.25. The molecular formula is C10H18ClN3O4S. The molecule has 0 aromatic carbocycles. The van der Waals surface area contributed by atoms with Gasteiger partial charge in [-0.05, 0) is 20.0 Å². The molecule has 19 heavy (non-hydrogen) atoms. The van der Waals surface area contributed by atoms with Crippen molar-refractivity contribution in [3.05, 3.63) is 18.0 Å². The maximum Gasteiger partial charge on any atom is 0.354 e. The third-order valence-corrected chi connectivity index (χ3v) is 3.85. The molecule has 0 saturated heterocycles. The van der Waals surface area contributed by atoms with Gasteiger partial charge in [-0.2, -0.15) is 0 Å². The second-order valence-corrected chi connectivity index (χ2v) is 5.55. The number of nitrogens with one attached hydrogen (secondary N) is 3. The van der Waals surface area contributed by atoms with Crippen LogP contribution in [0.25, 0.3) is 0 Å². The van der Waals surface area contributed by atoms with Gasteiger partial charge in [0, 0.05) is 18.8 Å². The van der Waals surface area contributed by atoms with E-state index in [-0.39, 0.29) is 35.6 Å². The van der Waals surface area contributed by atoms with E-state index in [1.807, 2.05) is 6.92 Å². The van der Waals surface area contributed by atoms with Gasteiger partial charge in [0.25, 0.3) is 0 Å². The third kappa shape index (κ3) is 4.83. The van der Waals surface area contributed by atoms with Crippen LogP contribution in [0.2, 0.25) is 0 Å². The van der Waals surface area contributed by atoms with Crippen molar-refractivity contribution in [3.63, 3.8) is 0 Å². The number of hydrogen-bond acceptors (Lipinski definition) is 5. The zero-order chi connectivity index (χ0) is 13.8. The summed E-state index contributed by atoms with van der Waals surface area (Å²) in [6.45, 7) is 2.11. The van der Waals surface area contributed by atoms with Crippen LogP contribution in [0.1, 0.15) is 17.4 Å². The molecule has 1 unspecified atom stereocenters. The van der Waals surface area contributed by atoms with Crippen molar-refractivity contribution in [3.8, 4) is 0 Å². The first-order valence-electron chi connectivity index (χ1n) is 5.34. The van der Waals surface area contributed by atoms with Crippen molar-refractivity contribution >= 4 is 28.4 Å². The zero-order valence-electron chi connectivity index (χ0n) is 10.9. The predicted molar refractivity (Wildman–Crippen MR) is 73.1 cm³/mol. The lowest BCUT2D eigenvalue weighted by atomic mass is 10.4. The predicted octanol–water partition coefficient (Wildman–Crippen LogP) is 0.109. The number of H-pyrrole nitrogens is 1. The van der Waals surface area contributed by atoms with Crippen molar-refractivity contribution in [2.24, 2.45) is 0 Å². The molecule has 0 amide bonds. The van der Waals surface area contributed by atoms with Crippen molar-refractivity contribution < 1.29 is 17.9 Å². The Hall–Kier alpha value is -1.09. The highest BCUT2D eigenvalue weighted by Crippen LogP contribution is 2.11. The molecular weight excluding hydrogens is 294 g/mol. The minimum Gasteiger partial charge on any atom is -0.464 e. The molecule has 1 heterocycles. The number of esters is 1.